The van der Waals surface area contributed by atoms with Crippen molar-refractivity contribution in [2.24, 2.45) is 0 Å². The van der Waals surface area contributed by atoms with E-state index in [1.807, 2.05) is 43.1 Å². The number of aromatic amines is 1. The molecule has 0 radical (unpaired) electrons. The number of alkyl halides is 2. The monoisotopic (exact) mass is 556 g/mol. The van der Waals surface area contributed by atoms with Crippen LogP contribution < -0.4 is 10.3 Å². The van der Waals surface area contributed by atoms with E-state index in [0.29, 0.717) is 22.0 Å². The largest absolute Gasteiger partial charge is 0.434 e. The number of hydrogen-bond donors (Lipinski definition) is 1. The molecule has 0 saturated heterocycles. The fourth-order valence-corrected chi connectivity index (χ4v) is 4.85. The Bertz CT molecular complexity index is 1340. The molecule has 0 spiro atoms. The number of benzene rings is 2. The Morgan fingerprint density at radius 1 is 1.26 bits per heavy atom. The molecule has 0 amide bonds. The molecule has 4 rings (SSSR count). The van der Waals surface area contributed by atoms with Gasteiger partial charge in [-0.15, -0.1) is 0 Å². The number of nitrogens with zero attached hydrogens (tertiary/aromatic N) is 3. The highest BCUT2D eigenvalue weighted by atomic mass is 127. The summed E-state index contributed by atoms with van der Waals surface area (Å²) < 4.78 is 34.1. The Morgan fingerprint density at radius 2 is 2.00 bits per heavy atom. The molecule has 0 aliphatic rings. The van der Waals surface area contributed by atoms with Gasteiger partial charge in [-0.1, -0.05) is 13.8 Å². The van der Waals surface area contributed by atoms with Gasteiger partial charge in [0.1, 0.15) is 5.75 Å². The number of ether oxygens (including phenoxy) is 1. The van der Waals surface area contributed by atoms with Crippen molar-refractivity contribution < 1.29 is 13.5 Å². The van der Waals surface area contributed by atoms with Gasteiger partial charge in [0.2, 0.25) is 0 Å². The first-order valence-electron chi connectivity index (χ1n) is 9.43. The summed E-state index contributed by atoms with van der Waals surface area (Å²) in [5, 5.41) is 13.1. The Kier molecular flexibility index (Phi) is 7.27. The molecule has 0 fully saturated rings. The molecule has 0 saturated carbocycles. The standard InChI is InChI=1S/C19H13F2IN4O2S.C2H6/c1-10-6-16(28-19(20)21)14(12-4-5-26(29-22)17(10)12)9-25-18(27)13-7-11(8-23)2-3-15(13)24-25;1-2/h2-7,19,24H,9H2,1H3;1-2H3. The normalized spacial score (nSPS) is 10.9. The van der Waals surface area contributed by atoms with Crippen LogP contribution in [0.4, 0.5) is 8.78 Å². The predicted molar refractivity (Wildman–Crippen MR) is 128 cm³/mol. The van der Waals surface area contributed by atoms with Crippen molar-refractivity contribution in [3.63, 3.8) is 0 Å². The topological polar surface area (TPSA) is 75.7 Å². The molecule has 2 aromatic heterocycles. The lowest BCUT2D eigenvalue weighted by Crippen LogP contribution is -2.18. The molecule has 0 aliphatic heterocycles. The Morgan fingerprint density at radius 3 is 2.65 bits per heavy atom. The van der Waals surface area contributed by atoms with Crippen molar-refractivity contribution in [2.75, 3.05) is 0 Å². The van der Waals surface area contributed by atoms with Crippen LogP contribution in [0.25, 0.3) is 21.8 Å². The van der Waals surface area contributed by atoms with Gasteiger partial charge in [-0.3, -0.25) is 13.9 Å². The molecule has 6 nitrogen and oxygen atoms in total. The zero-order chi connectivity index (χ0) is 22.7. The Labute approximate surface area is 193 Å². The van der Waals surface area contributed by atoms with Crippen molar-refractivity contribution >= 4 is 52.1 Å². The van der Waals surface area contributed by atoms with Gasteiger partial charge in [-0.2, -0.15) is 14.0 Å². The highest BCUT2D eigenvalue weighted by Gasteiger charge is 2.19. The average molecular weight is 556 g/mol. The van der Waals surface area contributed by atoms with E-state index in [4.69, 9.17) is 10.00 Å². The first kappa shape index (κ1) is 23.1. The molecular formula is C21H19F2IN4O2S. The van der Waals surface area contributed by atoms with E-state index < -0.39 is 6.61 Å². The zero-order valence-corrected chi connectivity index (χ0v) is 19.9. The van der Waals surface area contributed by atoms with Crippen LogP contribution in [0, 0.1) is 18.3 Å². The highest BCUT2D eigenvalue weighted by molar-refractivity contribution is 14.2. The van der Waals surface area contributed by atoms with Crippen molar-refractivity contribution in [3.05, 3.63) is 63.6 Å². The van der Waals surface area contributed by atoms with E-state index in [1.165, 1.54) is 19.9 Å². The second kappa shape index (κ2) is 9.74. The first-order valence-corrected chi connectivity index (χ1v) is 12.7. The van der Waals surface area contributed by atoms with E-state index in [-0.39, 0.29) is 17.9 Å². The summed E-state index contributed by atoms with van der Waals surface area (Å²) in [7, 11) is 1.46. The maximum absolute atomic E-state index is 13.0. The third-order valence-electron chi connectivity index (χ3n) is 4.68. The number of nitrogens with one attached hydrogen (secondary N) is 1. The minimum absolute atomic E-state index is 0.0180. The van der Waals surface area contributed by atoms with Crippen LogP contribution in [0.3, 0.4) is 0 Å². The fraction of sp³-hybridized carbons (Fsp3) is 0.238. The lowest BCUT2D eigenvalue weighted by atomic mass is 10.0. The molecule has 0 aliphatic carbocycles. The van der Waals surface area contributed by atoms with E-state index in [1.54, 1.807) is 18.2 Å². The summed E-state index contributed by atoms with van der Waals surface area (Å²) >= 11 is 2.14. The zero-order valence-electron chi connectivity index (χ0n) is 16.9. The number of fused-ring (bicyclic) bond motifs is 2. The summed E-state index contributed by atoms with van der Waals surface area (Å²) in [6.07, 6.45) is 1.84. The van der Waals surface area contributed by atoms with Gasteiger partial charge >= 0.3 is 6.61 Å². The third kappa shape index (κ3) is 4.43. The van der Waals surface area contributed by atoms with E-state index in [9.17, 15) is 13.6 Å². The van der Waals surface area contributed by atoms with E-state index in [2.05, 4.69) is 26.3 Å². The van der Waals surface area contributed by atoms with Crippen molar-refractivity contribution in [1.82, 2.24) is 13.8 Å². The number of nitriles is 1. The maximum Gasteiger partial charge on any atom is 0.387 e. The second-order valence-corrected chi connectivity index (χ2v) is 8.11. The van der Waals surface area contributed by atoms with Crippen molar-refractivity contribution in [2.45, 2.75) is 33.9 Å². The van der Waals surface area contributed by atoms with E-state index >= 15 is 0 Å². The molecule has 2 heterocycles. The number of hydrogen-bond acceptors (Lipinski definition) is 4. The minimum Gasteiger partial charge on any atom is -0.434 e. The van der Waals surface area contributed by atoms with Gasteiger partial charge in [0.05, 0.1) is 34.6 Å². The van der Waals surface area contributed by atoms with Gasteiger partial charge in [0.15, 0.2) is 0 Å². The number of halogens is 3. The van der Waals surface area contributed by atoms with Gasteiger partial charge in [0, 0.05) is 47.5 Å². The van der Waals surface area contributed by atoms with Crippen LogP contribution in [0.15, 0.2) is 41.3 Å². The fourth-order valence-electron chi connectivity index (χ4n) is 3.45. The third-order valence-corrected chi connectivity index (χ3v) is 6.41. The molecule has 31 heavy (non-hydrogen) atoms. The van der Waals surface area contributed by atoms with Crippen LogP contribution in [-0.4, -0.2) is 20.4 Å². The quantitative estimate of drug-likeness (QED) is 0.307. The summed E-state index contributed by atoms with van der Waals surface area (Å²) in [4.78, 5) is 12.8. The average Bonchev–Trinajstić information content (AvgIpc) is 3.33. The van der Waals surface area contributed by atoms with Crippen LogP contribution in [-0.2, 0) is 6.54 Å². The van der Waals surface area contributed by atoms with Gasteiger partial charge in [-0.25, -0.2) is 4.68 Å². The van der Waals surface area contributed by atoms with Crippen molar-refractivity contribution in [3.8, 4) is 11.8 Å². The smallest absolute Gasteiger partial charge is 0.387 e. The van der Waals surface area contributed by atoms with Gasteiger partial charge in [0.25, 0.3) is 5.56 Å². The van der Waals surface area contributed by atoms with Gasteiger partial charge in [-0.05, 0) is 42.8 Å². The lowest BCUT2D eigenvalue weighted by molar-refractivity contribution is -0.0504. The molecule has 10 heteroatoms. The number of H-pyrrole nitrogens is 1. The molecule has 2 aromatic carbocycles. The number of rotatable bonds is 5. The molecule has 162 valence electrons. The first-order chi connectivity index (χ1) is 14.9. The predicted octanol–water partition coefficient (Wildman–Crippen LogP) is 5.99. The minimum atomic E-state index is -2.98. The molecule has 0 unspecified atom stereocenters. The highest BCUT2D eigenvalue weighted by Crippen LogP contribution is 2.36. The summed E-state index contributed by atoms with van der Waals surface area (Å²) in [6.45, 7) is 2.86. The van der Waals surface area contributed by atoms with Crippen LogP contribution in [0.1, 0.15) is 30.5 Å². The van der Waals surface area contributed by atoms with Crippen LogP contribution in [0.5, 0.6) is 5.75 Å². The number of aromatic nitrogens is 3. The van der Waals surface area contributed by atoms with Crippen molar-refractivity contribution in [1.29, 1.82) is 5.26 Å². The summed E-state index contributed by atoms with van der Waals surface area (Å²) in [5.41, 5.74) is 2.74. The maximum atomic E-state index is 13.0. The Balaban J connectivity index is 0.00000132. The number of aryl methyl sites for hydroxylation is 1. The molecule has 0 atom stereocenters. The molecular weight excluding hydrogens is 537 g/mol. The summed E-state index contributed by atoms with van der Waals surface area (Å²) in [5.74, 6) is 0.0319. The summed E-state index contributed by atoms with van der Waals surface area (Å²) in [6, 6.07) is 10.2. The Hall–Kier alpha value is -2.52. The van der Waals surface area contributed by atoms with Crippen LogP contribution in [0.2, 0.25) is 0 Å². The molecule has 1 N–H and O–H groups in total. The van der Waals surface area contributed by atoms with E-state index in [0.717, 1.165) is 16.5 Å². The molecule has 4 aromatic rings. The molecule has 0 bridgehead atoms. The second-order valence-electron chi connectivity index (χ2n) is 6.40. The SMILES string of the molecule is CC.Cc1cc(OC(F)F)c(Cn2[nH]c3ccc(C#N)cc3c2=O)c2ccn(SI)c12. The van der Waals surface area contributed by atoms with Crippen LogP contribution >= 0.6 is 30.3 Å². The van der Waals surface area contributed by atoms with Gasteiger partial charge < -0.3 is 4.74 Å². The lowest BCUT2D eigenvalue weighted by Gasteiger charge is -2.15.